The van der Waals surface area contributed by atoms with Crippen LogP contribution in [-0.2, 0) is 27.4 Å². The Bertz CT molecular complexity index is 1930. The first-order valence-electron chi connectivity index (χ1n) is 15.7. The number of hydrogen-bond donors (Lipinski definition) is 1. The van der Waals surface area contributed by atoms with Crippen molar-refractivity contribution in [2.45, 2.75) is 71.0 Å². The van der Waals surface area contributed by atoms with E-state index < -0.39 is 23.3 Å². The van der Waals surface area contributed by atoms with E-state index in [0.29, 0.717) is 29.0 Å². The summed E-state index contributed by atoms with van der Waals surface area (Å²) in [6.45, 7) is 8.87. The molecule has 3 aromatic heterocycles. The summed E-state index contributed by atoms with van der Waals surface area (Å²) in [5, 5.41) is 13.5. The highest BCUT2D eigenvalue weighted by Gasteiger charge is 2.34. The topological polar surface area (TPSA) is 126 Å². The molecule has 0 aliphatic carbocycles. The number of methoxy groups -OCH3 is 1. The summed E-state index contributed by atoms with van der Waals surface area (Å²) in [5.74, 6) is -0.913. The zero-order valence-electron chi connectivity index (χ0n) is 26.7. The van der Waals surface area contributed by atoms with E-state index in [0.717, 1.165) is 68.5 Å². The van der Waals surface area contributed by atoms with E-state index in [9.17, 15) is 10.1 Å². The zero-order chi connectivity index (χ0) is 33.0. The third-order valence-electron chi connectivity index (χ3n) is 9.09. The number of hydrogen-bond acceptors (Lipinski definition) is 11. The molecule has 14 heteroatoms. The van der Waals surface area contributed by atoms with E-state index >= 15 is 8.78 Å². The van der Waals surface area contributed by atoms with Gasteiger partial charge in [0.2, 0.25) is 5.95 Å². The van der Waals surface area contributed by atoms with Gasteiger partial charge in [-0.25, -0.2) is 23.5 Å². The number of nitrogens with one attached hydrogen (secondary N) is 1. The minimum absolute atomic E-state index is 0.0361. The maximum Gasteiger partial charge on any atom is 0.412 e. The van der Waals surface area contributed by atoms with Gasteiger partial charge in [0.05, 0.1) is 41.5 Å². The Balaban J connectivity index is 1.29. The lowest BCUT2D eigenvalue weighted by Gasteiger charge is -2.35. The smallest absolute Gasteiger partial charge is 0.412 e. The van der Waals surface area contributed by atoms with Gasteiger partial charge in [-0.2, -0.15) is 5.26 Å². The molecule has 0 radical (unpaired) electrons. The van der Waals surface area contributed by atoms with Crippen molar-refractivity contribution in [3.63, 3.8) is 0 Å². The fourth-order valence-electron chi connectivity index (χ4n) is 6.85. The van der Waals surface area contributed by atoms with Gasteiger partial charge in [0.15, 0.2) is 11.6 Å². The Hall–Kier alpha value is -4.03. The predicted molar refractivity (Wildman–Crippen MR) is 173 cm³/mol. The highest BCUT2D eigenvalue weighted by Crippen LogP contribution is 2.46. The second-order valence-electron chi connectivity index (χ2n) is 13.1. The molecule has 6 heterocycles. The van der Waals surface area contributed by atoms with Crippen molar-refractivity contribution in [1.82, 2.24) is 19.9 Å². The van der Waals surface area contributed by atoms with Crippen LogP contribution in [0.15, 0.2) is 12.4 Å². The Morgan fingerprint density at radius 1 is 1.13 bits per heavy atom. The molecule has 246 valence electrons. The summed E-state index contributed by atoms with van der Waals surface area (Å²) < 4.78 is 48.8. The summed E-state index contributed by atoms with van der Waals surface area (Å²) in [5.41, 5.74) is 0.724. The van der Waals surface area contributed by atoms with E-state index in [1.807, 2.05) is 0 Å². The van der Waals surface area contributed by atoms with E-state index in [4.69, 9.17) is 19.2 Å². The molecule has 1 atom stereocenters. The molecule has 3 aliphatic rings. The van der Waals surface area contributed by atoms with Gasteiger partial charge in [-0.05, 0) is 51.2 Å². The number of halogens is 2. The van der Waals surface area contributed by atoms with Gasteiger partial charge in [0.25, 0.3) is 0 Å². The summed E-state index contributed by atoms with van der Waals surface area (Å²) in [6, 6.07) is 2.42. The van der Waals surface area contributed by atoms with Crippen molar-refractivity contribution in [3.05, 3.63) is 40.7 Å². The van der Waals surface area contributed by atoms with Crippen LogP contribution in [0, 0.1) is 23.0 Å². The lowest BCUT2D eigenvalue weighted by Crippen LogP contribution is -2.44. The van der Waals surface area contributed by atoms with Crippen molar-refractivity contribution in [2.75, 3.05) is 43.5 Å². The van der Waals surface area contributed by atoms with Crippen LogP contribution in [0.5, 0.6) is 0 Å². The van der Waals surface area contributed by atoms with Gasteiger partial charge in [-0.3, -0.25) is 15.2 Å². The van der Waals surface area contributed by atoms with E-state index in [2.05, 4.69) is 31.2 Å². The number of likely N-dealkylation sites (tertiary alicyclic amines) is 1. The van der Waals surface area contributed by atoms with Gasteiger partial charge in [-0.15, -0.1) is 11.3 Å². The molecule has 1 amide bonds. The molecule has 47 heavy (non-hydrogen) atoms. The highest BCUT2D eigenvalue weighted by molar-refractivity contribution is 7.23. The van der Waals surface area contributed by atoms with Crippen LogP contribution < -0.4 is 10.2 Å². The number of nitrogens with zero attached hydrogens (tertiary/aromatic N) is 6. The van der Waals surface area contributed by atoms with Crippen LogP contribution in [0.2, 0.25) is 0 Å². The first kappa shape index (κ1) is 31.6. The Morgan fingerprint density at radius 2 is 1.89 bits per heavy atom. The van der Waals surface area contributed by atoms with Crippen molar-refractivity contribution < 1.29 is 27.8 Å². The fraction of sp³-hybridized carbons (Fsp3) is 0.485. The molecule has 2 fully saturated rings. The zero-order valence-corrected chi connectivity index (χ0v) is 27.5. The van der Waals surface area contributed by atoms with E-state index in [1.165, 1.54) is 0 Å². The Labute approximate surface area is 274 Å². The van der Waals surface area contributed by atoms with Crippen LogP contribution in [0.3, 0.4) is 0 Å². The third-order valence-corrected chi connectivity index (χ3v) is 10.2. The molecular formula is C33H35F2N7O4S. The van der Waals surface area contributed by atoms with Gasteiger partial charge < -0.3 is 19.1 Å². The van der Waals surface area contributed by atoms with Crippen LogP contribution in [0.4, 0.5) is 24.5 Å². The average molecular weight is 664 g/mol. The number of ether oxygens (including phenoxy) is 3. The third kappa shape index (κ3) is 5.75. The fourth-order valence-corrected chi connectivity index (χ4v) is 7.89. The second-order valence-corrected chi connectivity index (χ2v) is 14.2. The number of carbonyl (C=O) groups excluding carboxylic acids is 1. The number of piperidine rings is 1. The first-order chi connectivity index (χ1) is 22.6. The average Bonchev–Trinajstić information content (AvgIpc) is 3.80. The van der Waals surface area contributed by atoms with Crippen molar-refractivity contribution in [1.29, 1.82) is 5.26 Å². The SMILES string of the molecule is COC1CCN([C@@H]2CCN(c3ncc4c5c(c(-c6ncc(F)c7sc(NC(=O)OC(C)(C)C)c(C#N)c67)c(F)c4n3)COC5)C2)CC1. The van der Waals surface area contributed by atoms with Crippen LogP contribution >= 0.6 is 11.3 Å². The number of thiophene rings is 1. The number of benzene rings is 1. The van der Waals surface area contributed by atoms with Gasteiger partial charge in [0, 0.05) is 61.9 Å². The van der Waals surface area contributed by atoms with Crippen molar-refractivity contribution >= 4 is 49.4 Å². The van der Waals surface area contributed by atoms with Crippen LogP contribution in [-0.4, -0.2) is 77.0 Å². The minimum Gasteiger partial charge on any atom is -0.444 e. The molecule has 0 bridgehead atoms. The maximum atomic E-state index is 16.9. The normalized spacial score (nSPS) is 19.0. The summed E-state index contributed by atoms with van der Waals surface area (Å²) in [7, 11) is 1.76. The predicted octanol–water partition coefficient (Wildman–Crippen LogP) is 6.12. The lowest BCUT2D eigenvalue weighted by atomic mass is 9.94. The molecule has 4 aromatic rings. The lowest BCUT2D eigenvalue weighted by molar-refractivity contribution is 0.0301. The number of carbonyl (C=O) groups is 1. The molecule has 2 saturated heterocycles. The molecule has 3 aliphatic heterocycles. The quantitative estimate of drug-likeness (QED) is 0.267. The van der Waals surface area contributed by atoms with Crippen LogP contribution in [0.25, 0.3) is 32.2 Å². The van der Waals surface area contributed by atoms with Crippen molar-refractivity contribution in [2.24, 2.45) is 0 Å². The minimum atomic E-state index is -0.797. The molecular weight excluding hydrogens is 628 g/mol. The van der Waals surface area contributed by atoms with E-state index in [-0.39, 0.29) is 50.6 Å². The van der Waals surface area contributed by atoms with E-state index in [1.54, 1.807) is 34.1 Å². The molecule has 0 unspecified atom stereocenters. The van der Waals surface area contributed by atoms with Crippen molar-refractivity contribution in [3.8, 4) is 17.3 Å². The summed E-state index contributed by atoms with van der Waals surface area (Å²) in [4.78, 5) is 30.9. The Kier molecular flexibility index (Phi) is 8.20. The molecule has 0 saturated carbocycles. The first-order valence-corrected chi connectivity index (χ1v) is 16.5. The molecule has 11 nitrogen and oxygen atoms in total. The number of nitriles is 1. The summed E-state index contributed by atoms with van der Waals surface area (Å²) in [6.07, 6.45) is 5.12. The number of fused-ring (bicyclic) bond motifs is 4. The summed E-state index contributed by atoms with van der Waals surface area (Å²) >= 11 is 0.867. The number of rotatable bonds is 5. The van der Waals surface area contributed by atoms with Gasteiger partial charge in [0.1, 0.15) is 22.2 Å². The molecule has 1 aromatic carbocycles. The maximum absolute atomic E-state index is 16.9. The molecule has 7 rings (SSSR count). The molecule has 0 spiro atoms. The van der Waals surface area contributed by atoms with Gasteiger partial charge >= 0.3 is 6.09 Å². The number of amides is 1. The number of aromatic nitrogens is 3. The van der Waals surface area contributed by atoms with Crippen LogP contribution in [0.1, 0.15) is 56.7 Å². The molecule has 1 N–H and O–H groups in total. The second kappa shape index (κ2) is 12.2. The largest absolute Gasteiger partial charge is 0.444 e. The van der Waals surface area contributed by atoms with Gasteiger partial charge in [-0.1, -0.05) is 0 Å². The highest BCUT2D eigenvalue weighted by atomic mass is 32.1. The standard InChI is InChI=1S/C33H35F2N7O4S/c1-33(2,3)46-32(43)40-30-19(11-36)25-28(37-13-23(34)29(25)47-30)24-22-16-45-15-21(22)20-12-38-31(39-27(20)26(24)35)42-8-5-17(14-42)41-9-6-18(44-4)7-10-41/h12-13,17-18H,5-10,14-16H2,1-4H3,(H,40,43)/t17-/m1/s1. The Morgan fingerprint density at radius 3 is 2.62 bits per heavy atom. The monoisotopic (exact) mass is 663 g/mol. The number of anilines is 2. The number of pyridine rings is 1.